The molecule has 1 aliphatic heterocycles. The third-order valence-electron chi connectivity index (χ3n) is 5.51. The van der Waals surface area contributed by atoms with Crippen LogP contribution in [0.1, 0.15) is 28.4 Å². The van der Waals surface area contributed by atoms with E-state index in [4.69, 9.17) is 9.47 Å². The van der Waals surface area contributed by atoms with Gasteiger partial charge in [-0.25, -0.2) is 0 Å². The van der Waals surface area contributed by atoms with E-state index in [1.54, 1.807) is 17.1 Å². The van der Waals surface area contributed by atoms with E-state index < -0.39 is 17.8 Å². The Bertz CT molecular complexity index is 1280. The van der Waals surface area contributed by atoms with Crippen LogP contribution in [0.4, 0.5) is 13.2 Å². The highest BCUT2D eigenvalue weighted by atomic mass is 19.4. The fraction of sp³-hybridized carbons (Fsp3) is 0.200. The first-order valence-corrected chi connectivity index (χ1v) is 10.4. The van der Waals surface area contributed by atoms with Gasteiger partial charge in [-0.3, -0.25) is 9.67 Å². The molecule has 5 rings (SSSR count). The molecule has 5 nitrogen and oxygen atoms in total. The largest absolute Gasteiger partial charge is 0.485 e. The first kappa shape index (κ1) is 21.1. The van der Waals surface area contributed by atoms with Gasteiger partial charge in [-0.1, -0.05) is 18.2 Å². The third-order valence-corrected chi connectivity index (χ3v) is 5.51. The van der Waals surface area contributed by atoms with Crippen molar-refractivity contribution in [2.75, 3.05) is 6.61 Å². The fourth-order valence-electron chi connectivity index (χ4n) is 3.81. The van der Waals surface area contributed by atoms with Crippen LogP contribution in [0.15, 0.2) is 73.2 Å². The summed E-state index contributed by atoms with van der Waals surface area (Å²) in [6.45, 7) is 0.224. The van der Waals surface area contributed by atoms with Gasteiger partial charge in [0.05, 0.1) is 17.5 Å². The maximum atomic E-state index is 12.8. The zero-order valence-electron chi connectivity index (χ0n) is 17.7. The topological polar surface area (TPSA) is 49.2 Å². The first-order valence-electron chi connectivity index (χ1n) is 10.4. The molecular formula is C25H20F3N3O2. The van der Waals surface area contributed by atoms with Crippen molar-refractivity contribution in [3.63, 3.8) is 0 Å². The van der Waals surface area contributed by atoms with E-state index in [1.165, 1.54) is 12.1 Å². The number of benzene rings is 2. The van der Waals surface area contributed by atoms with Gasteiger partial charge in [0.2, 0.25) is 0 Å². The molecule has 0 aliphatic carbocycles. The molecule has 1 aliphatic rings. The second-order valence-corrected chi connectivity index (χ2v) is 7.95. The number of aromatic nitrogens is 3. The minimum Gasteiger partial charge on any atom is -0.485 e. The number of rotatable bonds is 4. The number of fused-ring (bicyclic) bond motifs is 1. The fourth-order valence-corrected chi connectivity index (χ4v) is 3.81. The van der Waals surface area contributed by atoms with Crippen molar-refractivity contribution in [2.24, 2.45) is 7.05 Å². The highest BCUT2D eigenvalue weighted by Gasteiger charge is 2.31. The van der Waals surface area contributed by atoms with Gasteiger partial charge in [-0.05, 0) is 59.5 Å². The summed E-state index contributed by atoms with van der Waals surface area (Å²) in [5.41, 5.74) is 3.92. The number of nitrogens with zero attached hydrogens (tertiary/aromatic N) is 3. The van der Waals surface area contributed by atoms with E-state index in [0.29, 0.717) is 23.5 Å². The number of ether oxygens (including phenoxy) is 2. The monoisotopic (exact) mass is 451 g/mol. The summed E-state index contributed by atoms with van der Waals surface area (Å²) in [5.74, 6) is 1.19. The summed E-state index contributed by atoms with van der Waals surface area (Å²) in [4.78, 5) is 4.43. The second-order valence-electron chi connectivity index (χ2n) is 7.95. The van der Waals surface area contributed by atoms with Crippen molar-refractivity contribution in [3.8, 4) is 22.8 Å². The molecule has 0 saturated heterocycles. The minimum atomic E-state index is -4.36. The lowest BCUT2D eigenvalue weighted by molar-refractivity contribution is -0.137. The minimum absolute atomic E-state index is 0.224. The molecule has 8 heteroatoms. The summed E-state index contributed by atoms with van der Waals surface area (Å²) < 4.78 is 52.0. The summed E-state index contributed by atoms with van der Waals surface area (Å²) in [6, 6.07) is 14.7. The molecule has 0 fully saturated rings. The Morgan fingerprint density at radius 1 is 1.00 bits per heavy atom. The van der Waals surface area contributed by atoms with Crippen LogP contribution in [-0.2, 0) is 19.6 Å². The van der Waals surface area contributed by atoms with Gasteiger partial charge in [0.15, 0.2) is 17.6 Å². The Labute approximate surface area is 188 Å². The zero-order valence-corrected chi connectivity index (χ0v) is 17.7. The van der Waals surface area contributed by atoms with Crippen LogP contribution in [0.25, 0.3) is 11.3 Å². The maximum absolute atomic E-state index is 12.8. The standard InChI is InChI=1S/C25H20F3N3O2/c1-31-14-19(13-30-31)21-11-17(8-9-29-21)10-16-2-7-22-23(12-16)32-15-24(33-22)18-3-5-20(6-4-18)25(26,27)28/h2-9,11-14,24H,10,15H2,1H3. The molecule has 33 heavy (non-hydrogen) atoms. The zero-order chi connectivity index (χ0) is 23.0. The van der Waals surface area contributed by atoms with Crippen molar-refractivity contribution >= 4 is 0 Å². The lowest BCUT2D eigenvalue weighted by Gasteiger charge is -2.27. The quantitative estimate of drug-likeness (QED) is 0.405. The molecule has 1 atom stereocenters. The van der Waals surface area contributed by atoms with E-state index in [9.17, 15) is 13.2 Å². The average molecular weight is 451 g/mol. The molecular weight excluding hydrogens is 431 g/mol. The van der Waals surface area contributed by atoms with Crippen molar-refractivity contribution in [2.45, 2.75) is 18.7 Å². The van der Waals surface area contributed by atoms with Crippen LogP contribution in [0.2, 0.25) is 0 Å². The van der Waals surface area contributed by atoms with Gasteiger partial charge in [0.25, 0.3) is 0 Å². The molecule has 0 N–H and O–H groups in total. The number of aryl methyl sites for hydroxylation is 1. The predicted molar refractivity (Wildman–Crippen MR) is 116 cm³/mol. The number of hydrogen-bond acceptors (Lipinski definition) is 4. The van der Waals surface area contributed by atoms with Crippen LogP contribution in [0.5, 0.6) is 11.5 Å². The van der Waals surface area contributed by atoms with E-state index in [0.717, 1.165) is 34.5 Å². The maximum Gasteiger partial charge on any atom is 0.416 e. The first-order chi connectivity index (χ1) is 15.8. The predicted octanol–water partition coefficient (Wildman–Crippen LogP) is 5.60. The highest BCUT2D eigenvalue weighted by Crippen LogP contribution is 2.38. The molecule has 168 valence electrons. The SMILES string of the molecule is Cn1cc(-c2cc(Cc3ccc4c(c3)OCC(c3ccc(C(F)(F)F)cc3)O4)ccn2)cn1. The van der Waals surface area contributed by atoms with Gasteiger partial charge in [0.1, 0.15) is 6.61 Å². The van der Waals surface area contributed by atoms with Crippen LogP contribution in [-0.4, -0.2) is 21.4 Å². The van der Waals surface area contributed by atoms with E-state index in [2.05, 4.69) is 10.1 Å². The molecule has 1 unspecified atom stereocenters. The molecule has 0 bridgehead atoms. The summed E-state index contributed by atoms with van der Waals surface area (Å²) in [7, 11) is 1.87. The van der Waals surface area contributed by atoms with Crippen molar-refractivity contribution in [1.82, 2.24) is 14.8 Å². The van der Waals surface area contributed by atoms with E-state index in [-0.39, 0.29) is 6.61 Å². The summed E-state index contributed by atoms with van der Waals surface area (Å²) in [6.07, 6.45) is 1.35. The Balaban J connectivity index is 1.30. The lowest BCUT2D eigenvalue weighted by Crippen LogP contribution is -2.21. The number of alkyl halides is 3. The number of halogens is 3. The van der Waals surface area contributed by atoms with Crippen LogP contribution in [0.3, 0.4) is 0 Å². The number of hydrogen-bond donors (Lipinski definition) is 0. The van der Waals surface area contributed by atoms with E-state index >= 15 is 0 Å². The van der Waals surface area contributed by atoms with Gasteiger partial charge in [-0.2, -0.15) is 18.3 Å². The Morgan fingerprint density at radius 3 is 2.52 bits per heavy atom. The van der Waals surface area contributed by atoms with Crippen molar-refractivity contribution < 1.29 is 22.6 Å². The molecule has 0 radical (unpaired) electrons. The smallest absolute Gasteiger partial charge is 0.416 e. The van der Waals surface area contributed by atoms with Gasteiger partial charge in [0, 0.05) is 25.0 Å². The van der Waals surface area contributed by atoms with Gasteiger partial charge < -0.3 is 9.47 Å². The normalized spacial score (nSPS) is 15.5. The number of pyridine rings is 1. The molecule has 0 saturated carbocycles. The van der Waals surface area contributed by atoms with Gasteiger partial charge in [-0.15, -0.1) is 0 Å². The Hall–Kier alpha value is -3.81. The van der Waals surface area contributed by atoms with E-state index in [1.807, 2.05) is 43.6 Å². The van der Waals surface area contributed by atoms with Crippen LogP contribution in [0, 0.1) is 0 Å². The molecule has 2 aromatic carbocycles. The molecule has 3 heterocycles. The summed E-state index contributed by atoms with van der Waals surface area (Å²) in [5, 5.41) is 4.19. The Morgan fingerprint density at radius 2 is 1.79 bits per heavy atom. The van der Waals surface area contributed by atoms with Gasteiger partial charge >= 0.3 is 6.18 Å². The average Bonchev–Trinajstić information content (AvgIpc) is 3.25. The highest BCUT2D eigenvalue weighted by molar-refractivity contribution is 5.58. The van der Waals surface area contributed by atoms with Crippen molar-refractivity contribution in [1.29, 1.82) is 0 Å². The molecule has 0 spiro atoms. The molecule has 4 aromatic rings. The van der Waals surface area contributed by atoms with Crippen LogP contribution >= 0.6 is 0 Å². The second kappa shape index (κ2) is 8.27. The molecule has 0 amide bonds. The molecule has 2 aromatic heterocycles. The lowest BCUT2D eigenvalue weighted by atomic mass is 10.0. The summed E-state index contributed by atoms with van der Waals surface area (Å²) >= 11 is 0. The van der Waals surface area contributed by atoms with Crippen molar-refractivity contribution in [3.05, 3.63) is 95.4 Å². The Kier molecular flexibility index (Phi) is 5.28. The third kappa shape index (κ3) is 4.55. The van der Waals surface area contributed by atoms with Crippen LogP contribution < -0.4 is 9.47 Å².